The zero-order valence-corrected chi connectivity index (χ0v) is 16.2. The van der Waals surface area contributed by atoms with Crippen molar-refractivity contribution in [2.24, 2.45) is 0 Å². The molecule has 0 unspecified atom stereocenters. The number of amides is 1. The summed E-state index contributed by atoms with van der Waals surface area (Å²) in [7, 11) is 1.67. The van der Waals surface area contributed by atoms with Crippen LogP contribution in [-0.2, 0) is 17.8 Å². The summed E-state index contributed by atoms with van der Waals surface area (Å²) in [5.41, 5.74) is 4.25. The third-order valence-corrected chi connectivity index (χ3v) is 4.96. The molecule has 2 aromatic carbocycles. The predicted molar refractivity (Wildman–Crippen MR) is 112 cm³/mol. The second kappa shape index (κ2) is 8.56. The monoisotopic (exact) mass is 386 g/mol. The van der Waals surface area contributed by atoms with Crippen molar-refractivity contribution in [2.45, 2.75) is 19.4 Å². The lowest BCUT2D eigenvalue weighted by atomic mass is 9.96. The minimum atomic E-state index is 0.0140. The van der Waals surface area contributed by atoms with Crippen LogP contribution in [0.3, 0.4) is 0 Å². The molecule has 0 spiro atoms. The van der Waals surface area contributed by atoms with E-state index in [-0.39, 0.29) is 5.91 Å². The van der Waals surface area contributed by atoms with E-state index in [1.807, 2.05) is 36.7 Å². The molecule has 0 aliphatic heterocycles. The molecule has 0 aliphatic rings. The number of rotatable bonds is 7. The average molecular weight is 386 g/mol. The van der Waals surface area contributed by atoms with E-state index in [2.05, 4.69) is 38.7 Å². The van der Waals surface area contributed by atoms with Gasteiger partial charge in [0.15, 0.2) is 0 Å². The van der Waals surface area contributed by atoms with Gasteiger partial charge in [0.05, 0.1) is 13.3 Å². The molecule has 0 atom stereocenters. The smallest absolute Gasteiger partial charge is 0.220 e. The number of methoxy groups -OCH3 is 1. The lowest BCUT2D eigenvalue weighted by Gasteiger charge is -2.13. The van der Waals surface area contributed by atoms with E-state index in [1.165, 1.54) is 0 Å². The van der Waals surface area contributed by atoms with Gasteiger partial charge in [-0.25, -0.2) is 0 Å². The topological polar surface area (TPSA) is 79.9 Å². The van der Waals surface area contributed by atoms with Gasteiger partial charge in [-0.3, -0.25) is 14.9 Å². The summed E-state index contributed by atoms with van der Waals surface area (Å²) in [6.45, 7) is 0.463. The molecule has 1 amide bonds. The normalized spacial score (nSPS) is 10.8. The molecular weight excluding hydrogens is 364 g/mol. The molecule has 0 saturated carbocycles. The zero-order valence-electron chi connectivity index (χ0n) is 16.2. The predicted octanol–water partition coefficient (Wildman–Crippen LogP) is 3.88. The molecule has 0 fully saturated rings. The van der Waals surface area contributed by atoms with Gasteiger partial charge in [0.2, 0.25) is 5.91 Å². The van der Waals surface area contributed by atoms with Gasteiger partial charge in [0.25, 0.3) is 0 Å². The highest BCUT2D eigenvalue weighted by molar-refractivity contribution is 5.98. The Morgan fingerprint density at radius 1 is 1.14 bits per heavy atom. The van der Waals surface area contributed by atoms with Crippen molar-refractivity contribution in [1.82, 2.24) is 20.5 Å². The van der Waals surface area contributed by atoms with Gasteiger partial charge in [-0.2, -0.15) is 5.10 Å². The number of fused-ring (bicyclic) bond motifs is 1. The van der Waals surface area contributed by atoms with Crippen LogP contribution in [0.15, 0.2) is 67.3 Å². The van der Waals surface area contributed by atoms with Gasteiger partial charge < -0.3 is 10.1 Å². The number of aromatic amines is 1. The average Bonchev–Trinajstić information content (AvgIpc) is 3.29. The minimum Gasteiger partial charge on any atom is -0.497 e. The summed E-state index contributed by atoms with van der Waals surface area (Å²) in [6, 6.07) is 14.1. The maximum Gasteiger partial charge on any atom is 0.220 e. The number of carbonyl (C=O) groups is 1. The number of nitrogens with one attached hydrogen (secondary N) is 2. The van der Waals surface area contributed by atoms with Gasteiger partial charge in [-0.05, 0) is 52.3 Å². The molecule has 4 aromatic rings. The highest BCUT2D eigenvalue weighted by Gasteiger charge is 2.10. The first-order valence-electron chi connectivity index (χ1n) is 9.49. The Morgan fingerprint density at radius 2 is 2.07 bits per heavy atom. The second-order valence-electron chi connectivity index (χ2n) is 6.81. The molecule has 0 saturated heterocycles. The molecule has 146 valence electrons. The lowest BCUT2D eigenvalue weighted by molar-refractivity contribution is -0.121. The number of H-pyrrole nitrogens is 1. The molecule has 4 rings (SSSR count). The largest absolute Gasteiger partial charge is 0.497 e. The van der Waals surface area contributed by atoms with E-state index in [0.717, 1.165) is 38.8 Å². The fourth-order valence-electron chi connectivity index (χ4n) is 3.40. The summed E-state index contributed by atoms with van der Waals surface area (Å²) in [6.07, 6.45) is 8.29. The van der Waals surface area contributed by atoms with Crippen LogP contribution in [0, 0.1) is 0 Å². The van der Waals surface area contributed by atoms with Gasteiger partial charge in [0.1, 0.15) is 5.75 Å². The SMILES string of the molecule is COc1cccc(-c2ccc(CNC(=O)CCc3cn[nH]c3)c3cnccc23)c1. The molecule has 2 heterocycles. The van der Waals surface area contributed by atoms with Crippen LogP contribution in [-0.4, -0.2) is 28.2 Å². The van der Waals surface area contributed by atoms with Crippen molar-refractivity contribution in [2.75, 3.05) is 7.11 Å². The number of nitrogens with zero attached hydrogens (tertiary/aromatic N) is 2. The van der Waals surface area contributed by atoms with E-state index in [1.54, 1.807) is 19.5 Å². The molecule has 6 heteroatoms. The molecule has 0 radical (unpaired) electrons. The highest BCUT2D eigenvalue weighted by atomic mass is 16.5. The number of pyridine rings is 1. The van der Waals surface area contributed by atoms with Crippen molar-refractivity contribution in [3.05, 3.63) is 78.4 Å². The first kappa shape index (κ1) is 18.7. The summed E-state index contributed by atoms with van der Waals surface area (Å²) in [5, 5.41) is 11.8. The molecule has 2 N–H and O–H groups in total. The Morgan fingerprint density at radius 3 is 2.90 bits per heavy atom. The first-order valence-corrected chi connectivity index (χ1v) is 9.49. The second-order valence-corrected chi connectivity index (χ2v) is 6.81. The van der Waals surface area contributed by atoms with Crippen LogP contribution in [0.25, 0.3) is 21.9 Å². The number of hydrogen-bond acceptors (Lipinski definition) is 4. The Kier molecular flexibility index (Phi) is 5.52. The lowest BCUT2D eigenvalue weighted by Crippen LogP contribution is -2.23. The van der Waals surface area contributed by atoms with E-state index in [4.69, 9.17) is 4.74 Å². The number of carbonyl (C=O) groups excluding carboxylic acids is 1. The summed E-state index contributed by atoms with van der Waals surface area (Å²) in [4.78, 5) is 16.5. The van der Waals surface area contributed by atoms with E-state index >= 15 is 0 Å². The van der Waals surface area contributed by atoms with Crippen LogP contribution in [0.4, 0.5) is 0 Å². The van der Waals surface area contributed by atoms with Crippen LogP contribution < -0.4 is 10.1 Å². The summed E-state index contributed by atoms with van der Waals surface area (Å²) in [5.74, 6) is 0.832. The van der Waals surface area contributed by atoms with Gasteiger partial charge in [0, 0.05) is 36.9 Å². The summed E-state index contributed by atoms with van der Waals surface area (Å²) < 4.78 is 5.36. The highest BCUT2D eigenvalue weighted by Crippen LogP contribution is 2.32. The van der Waals surface area contributed by atoms with E-state index < -0.39 is 0 Å². The van der Waals surface area contributed by atoms with Crippen LogP contribution in [0.5, 0.6) is 5.75 Å². The van der Waals surface area contributed by atoms with Gasteiger partial charge >= 0.3 is 0 Å². The number of aryl methyl sites for hydroxylation is 1. The number of benzene rings is 2. The Hall–Kier alpha value is -3.67. The maximum atomic E-state index is 12.2. The van der Waals surface area contributed by atoms with Crippen molar-refractivity contribution in [3.8, 4) is 16.9 Å². The Labute approximate surface area is 168 Å². The van der Waals surface area contributed by atoms with Crippen molar-refractivity contribution < 1.29 is 9.53 Å². The minimum absolute atomic E-state index is 0.0140. The van der Waals surface area contributed by atoms with Crippen LogP contribution in [0.2, 0.25) is 0 Å². The molecule has 0 bridgehead atoms. The Bertz CT molecular complexity index is 1120. The molecule has 0 aliphatic carbocycles. The molecular formula is C23H22N4O2. The molecule has 29 heavy (non-hydrogen) atoms. The van der Waals surface area contributed by atoms with Crippen molar-refractivity contribution in [1.29, 1.82) is 0 Å². The fraction of sp³-hybridized carbons (Fsp3) is 0.174. The van der Waals surface area contributed by atoms with E-state index in [0.29, 0.717) is 19.4 Å². The standard InChI is InChI=1S/C23H22N4O2/c1-29-19-4-2-3-17(11-19)20-7-6-18(22-15-24-10-9-21(20)22)14-25-23(28)8-5-16-12-26-27-13-16/h2-4,6-7,9-13,15H,5,8,14H2,1H3,(H,25,28)(H,26,27). The first-order chi connectivity index (χ1) is 14.2. The van der Waals surface area contributed by atoms with Gasteiger partial charge in [-0.1, -0.05) is 24.3 Å². The van der Waals surface area contributed by atoms with E-state index in [9.17, 15) is 4.79 Å². The Balaban J connectivity index is 1.54. The zero-order chi connectivity index (χ0) is 20.1. The van der Waals surface area contributed by atoms with Crippen molar-refractivity contribution in [3.63, 3.8) is 0 Å². The van der Waals surface area contributed by atoms with Crippen molar-refractivity contribution >= 4 is 16.7 Å². The van der Waals surface area contributed by atoms with Crippen LogP contribution >= 0.6 is 0 Å². The molecule has 6 nitrogen and oxygen atoms in total. The third-order valence-electron chi connectivity index (χ3n) is 4.96. The molecule has 2 aromatic heterocycles. The summed E-state index contributed by atoms with van der Waals surface area (Å²) >= 11 is 0. The van der Waals surface area contributed by atoms with Crippen LogP contribution in [0.1, 0.15) is 17.5 Å². The van der Waals surface area contributed by atoms with Gasteiger partial charge in [-0.15, -0.1) is 0 Å². The number of hydrogen-bond donors (Lipinski definition) is 2. The fourth-order valence-corrected chi connectivity index (χ4v) is 3.40. The quantitative estimate of drug-likeness (QED) is 0.505. The third kappa shape index (κ3) is 4.27. The number of ether oxygens (including phenoxy) is 1. The number of aromatic nitrogens is 3. The maximum absolute atomic E-state index is 12.2.